The van der Waals surface area contributed by atoms with Gasteiger partial charge in [-0.1, -0.05) is 19.9 Å². The van der Waals surface area contributed by atoms with Crippen LogP contribution in [0.25, 0.3) is 11.3 Å². The lowest BCUT2D eigenvalue weighted by Gasteiger charge is -2.14. The summed E-state index contributed by atoms with van der Waals surface area (Å²) < 4.78 is 79.6. The minimum Gasteiger partial charge on any atom is -0.493 e. The van der Waals surface area contributed by atoms with Crippen molar-refractivity contribution < 1.29 is 38.7 Å². The van der Waals surface area contributed by atoms with Crippen LogP contribution in [0.4, 0.5) is 13.2 Å². The first-order chi connectivity index (χ1) is 17.8. The zero-order chi connectivity index (χ0) is 27.7. The van der Waals surface area contributed by atoms with E-state index >= 15 is 0 Å². The number of sulfonamides is 1. The second-order valence-electron chi connectivity index (χ2n) is 9.45. The normalized spacial score (nSPS) is 16.2. The summed E-state index contributed by atoms with van der Waals surface area (Å²) in [6.45, 7) is 5.38. The molecule has 2 aromatic heterocycles. The summed E-state index contributed by atoms with van der Waals surface area (Å²) in [7, 11) is -4.35. The van der Waals surface area contributed by atoms with Gasteiger partial charge in [-0.15, -0.1) is 0 Å². The minimum absolute atomic E-state index is 0. The number of aromatic nitrogens is 2. The summed E-state index contributed by atoms with van der Waals surface area (Å²) in [5.74, 6) is -5.55. The lowest BCUT2D eigenvalue weighted by Crippen LogP contribution is -2.31. The molecule has 0 bridgehead atoms. The van der Waals surface area contributed by atoms with Crippen LogP contribution < -0.4 is 14.2 Å². The minimum atomic E-state index is -4.35. The van der Waals surface area contributed by atoms with Gasteiger partial charge in [-0.25, -0.2) is 27.9 Å². The first kappa shape index (κ1) is 27.4. The third kappa shape index (κ3) is 6.60. The summed E-state index contributed by atoms with van der Waals surface area (Å²) in [4.78, 5) is 21.1. The smallest absolute Gasteiger partial charge is 0.281 e. The van der Waals surface area contributed by atoms with Gasteiger partial charge in [0.15, 0.2) is 5.03 Å². The Morgan fingerprint density at radius 3 is 2.55 bits per heavy atom. The van der Waals surface area contributed by atoms with Crippen LogP contribution in [0, 0.1) is 24.6 Å². The number of benzene rings is 1. The van der Waals surface area contributed by atoms with Crippen molar-refractivity contribution in [1.29, 1.82) is 0 Å². The molecule has 2 heterocycles. The molecule has 1 saturated carbocycles. The average Bonchev–Trinajstić information content (AvgIpc) is 3.46. The average molecular weight is 554 g/mol. The van der Waals surface area contributed by atoms with E-state index in [0.29, 0.717) is 12.3 Å². The zero-order valence-electron chi connectivity index (χ0n) is 20.9. The van der Waals surface area contributed by atoms with E-state index in [2.05, 4.69) is 9.97 Å². The van der Waals surface area contributed by atoms with Gasteiger partial charge in [0.2, 0.25) is 5.88 Å². The molecule has 1 fully saturated rings. The van der Waals surface area contributed by atoms with Gasteiger partial charge in [0.1, 0.15) is 17.1 Å². The molecule has 1 aliphatic rings. The molecular weight excluding hydrogens is 523 g/mol. The number of rotatable bonds is 10. The Balaban J connectivity index is 0.00000280. The highest BCUT2D eigenvalue weighted by molar-refractivity contribution is 7.90. The fraction of sp³-hybridized carbons (Fsp3) is 0.346. The zero-order valence-corrected chi connectivity index (χ0v) is 21.7. The summed E-state index contributed by atoms with van der Waals surface area (Å²) >= 11 is 0. The van der Waals surface area contributed by atoms with Crippen molar-refractivity contribution in [3.63, 3.8) is 0 Å². The molecule has 1 aromatic carbocycles. The molecule has 1 N–H and O–H groups in total. The topological polar surface area (TPSA) is 107 Å². The summed E-state index contributed by atoms with van der Waals surface area (Å²) in [5.41, 5.74) is 0.569. The predicted molar refractivity (Wildman–Crippen MR) is 136 cm³/mol. The van der Waals surface area contributed by atoms with Gasteiger partial charge in [-0.2, -0.15) is 8.42 Å². The van der Waals surface area contributed by atoms with E-state index in [0.717, 1.165) is 0 Å². The predicted octanol–water partition coefficient (Wildman–Crippen LogP) is 5.27. The highest BCUT2D eigenvalue weighted by atomic mass is 32.2. The van der Waals surface area contributed by atoms with Crippen LogP contribution in [-0.2, 0) is 10.0 Å². The third-order valence-corrected chi connectivity index (χ3v) is 6.83. The number of pyridine rings is 2. The number of hydrogen-bond donors (Lipinski definition) is 1. The molecule has 1 aliphatic carbocycles. The lowest BCUT2D eigenvalue weighted by atomic mass is 10.1. The van der Waals surface area contributed by atoms with Crippen LogP contribution >= 0.6 is 0 Å². The Hall–Kier alpha value is -3.67. The van der Waals surface area contributed by atoms with Crippen LogP contribution in [0.5, 0.6) is 11.6 Å². The number of carbonyl (C=O) groups excluding carboxylic acids is 1. The highest BCUT2D eigenvalue weighted by Gasteiger charge is 2.57. The van der Waals surface area contributed by atoms with Crippen molar-refractivity contribution in [3.05, 3.63) is 65.6 Å². The van der Waals surface area contributed by atoms with E-state index in [-0.39, 0.29) is 48.7 Å². The molecule has 38 heavy (non-hydrogen) atoms. The molecule has 1 atom stereocenters. The number of amides is 1. The molecule has 0 spiro atoms. The van der Waals surface area contributed by atoms with Gasteiger partial charge in [0.25, 0.3) is 21.9 Å². The van der Waals surface area contributed by atoms with Crippen LogP contribution in [0.3, 0.4) is 0 Å². The van der Waals surface area contributed by atoms with E-state index in [1.165, 1.54) is 36.4 Å². The van der Waals surface area contributed by atoms with E-state index in [4.69, 9.17) is 9.47 Å². The largest absolute Gasteiger partial charge is 0.493 e. The van der Waals surface area contributed by atoms with Crippen molar-refractivity contribution in [2.24, 2.45) is 11.8 Å². The molecule has 0 saturated heterocycles. The van der Waals surface area contributed by atoms with Gasteiger partial charge < -0.3 is 9.47 Å². The van der Waals surface area contributed by atoms with Gasteiger partial charge in [0.05, 0.1) is 24.8 Å². The molecule has 206 valence electrons. The number of aryl methyl sites for hydroxylation is 1. The number of carbonyl (C=O) groups is 1. The molecule has 1 unspecified atom stereocenters. The van der Waals surface area contributed by atoms with Crippen LogP contribution in [-0.4, -0.2) is 43.4 Å². The van der Waals surface area contributed by atoms with Crippen molar-refractivity contribution in [2.45, 2.75) is 38.1 Å². The maximum atomic E-state index is 14.3. The van der Waals surface area contributed by atoms with Gasteiger partial charge in [-0.3, -0.25) is 4.79 Å². The SMILES string of the molecule is Cc1cccc(S(=O)(=O)NC(=O)c2ccc(-c3cc(F)cc(OCC(C)C)c3)nc2OCC2CC2(F)F)n1.[HH].[HH]. The molecule has 8 nitrogen and oxygen atoms in total. The first-order valence-corrected chi connectivity index (χ1v) is 13.3. The number of alkyl halides is 2. The highest BCUT2D eigenvalue weighted by Crippen LogP contribution is 2.48. The number of hydrogen-bond acceptors (Lipinski definition) is 7. The third-order valence-electron chi connectivity index (χ3n) is 5.60. The fourth-order valence-electron chi connectivity index (χ4n) is 3.47. The maximum absolute atomic E-state index is 14.3. The maximum Gasteiger partial charge on any atom is 0.281 e. The molecule has 4 rings (SSSR count). The molecule has 3 aromatic rings. The molecule has 0 aliphatic heterocycles. The Kier molecular flexibility index (Phi) is 7.63. The standard InChI is InChI=1S/C26H26F3N3O5S.2H2/c1-15(2)13-36-20-10-17(9-19(27)11-20)22-8-7-21(25(31-22)37-14-18-12-26(18,28)29)24(33)32-38(34,35)23-6-4-5-16(3)30-23;;/h4-11,15,18H,12-14H2,1-3H3,(H,32,33);2*1H. The molecule has 0 radical (unpaired) electrons. The number of halogens is 3. The van der Waals surface area contributed by atoms with Crippen molar-refractivity contribution in [3.8, 4) is 22.9 Å². The van der Waals surface area contributed by atoms with E-state index in [1.54, 1.807) is 19.1 Å². The molecule has 12 heteroatoms. The summed E-state index contributed by atoms with van der Waals surface area (Å²) in [5, 5.41) is -0.371. The van der Waals surface area contributed by atoms with E-state index < -0.39 is 40.2 Å². The Morgan fingerprint density at radius 2 is 1.89 bits per heavy atom. The first-order valence-electron chi connectivity index (χ1n) is 11.8. The van der Waals surface area contributed by atoms with Crippen LogP contribution in [0.1, 0.15) is 39.2 Å². The van der Waals surface area contributed by atoms with E-state index in [1.807, 2.05) is 18.6 Å². The Morgan fingerprint density at radius 1 is 1.16 bits per heavy atom. The Bertz CT molecular complexity index is 1480. The van der Waals surface area contributed by atoms with Crippen molar-refractivity contribution in [1.82, 2.24) is 14.7 Å². The quantitative estimate of drug-likeness (QED) is 0.364. The van der Waals surface area contributed by atoms with Crippen LogP contribution in [0.15, 0.2) is 53.6 Å². The van der Waals surface area contributed by atoms with Gasteiger partial charge in [-0.05, 0) is 49.2 Å². The number of ether oxygens (including phenoxy) is 2. The fourth-order valence-corrected chi connectivity index (χ4v) is 4.45. The monoisotopic (exact) mass is 553 g/mol. The number of nitrogens with one attached hydrogen (secondary N) is 1. The molecular formula is C26H30F3N3O5S. The number of nitrogens with zero attached hydrogens (tertiary/aromatic N) is 2. The van der Waals surface area contributed by atoms with Gasteiger partial charge >= 0.3 is 0 Å². The van der Waals surface area contributed by atoms with Gasteiger partial charge in [0, 0.05) is 26.6 Å². The summed E-state index contributed by atoms with van der Waals surface area (Å²) in [6.07, 6.45) is -0.373. The summed E-state index contributed by atoms with van der Waals surface area (Å²) in [6, 6.07) is 10.8. The lowest BCUT2D eigenvalue weighted by molar-refractivity contribution is 0.0845. The van der Waals surface area contributed by atoms with Crippen LogP contribution in [0.2, 0.25) is 0 Å². The van der Waals surface area contributed by atoms with Crippen molar-refractivity contribution >= 4 is 15.9 Å². The second-order valence-corrected chi connectivity index (χ2v) is 11.1. The second kappa shape index (κ2) is 10.6. The van der Waals surface area contributed by atoms with E-state index in [9.17, 15) is 26.4 Å². The Labute approximate surface area is 221 Å². The van der Waals surface area contributed by atoms with Crippen molar-refractivity contribution in [2.75, 3.05) is 13.2 Å². The molecule has 1 amide bonds.